The van der Waals surface area contributed by atoms with Crippen molar-refractivity contribution >= 4 is 22.8 Å². The number of rotatable bonds is 7. The Morgan fingerprint density at radius 2 is 1.70 bits per heavy atom. The first-order valence-corrected chi connectivity index (χ1v) is 11.0. The summed E-state index contributed by atoms with van der Waals surface area (Å²) in [6, 6.07) is 18.7. The van der Waals surface area contributed by atoms with Crippen LogP contribution in [0.2, 0.25) is 0 Å². The number of benzene rings is 2. The third-order valence-corrected chi connectivity index (χ3v) is 5.71. The number of fused-ring (bicyclic) bond motifs is 1. The molecule has 4 rings (SSSR count). The van der Waals surface area contributed by atoms with Crippen LogP contribution in [0.25, 0.3) is 10.9 Å². The van der Waals surface area contributed by atoms with Crippen LogP contribution in [-0.4, -0.2) is 69.5 Å². The monoisotopic (exact) mass is 454 g/mol. The number of likely N-dealkylation sites (tertiary alicyclic amines) is 1. The molecule has 4 N–H and O–H groups in total. The Bertz CT molecular complexity index is 1020. The van der Waals surface area contributed by atoms with Gasteiger partial charge in [0.1, 0.15) is 18.5 Å². The number of piperidine rings is 1. The number of nitrogens with zero attached hydrogens (tertiary/aromatic N) is 1. The van der Waals surface area contributed by atoms with Gasteiger partial charge in [0.25, 0.3) is 0 Å². The highest BCUT2D eigenvalue weighted by molar-refractivity contribution is 6.27. The number of hydrogen-bond acceptors (Lipinski definition) is 5. The molecule has 0 aliphatic carbocycles. The molecule has 8 heteroatoms. The van der Waals surface area contributed by atoms with Crippen LogP contribution in [0.15, 0.2) is 60.8 Å². The summed E-state index contributed by atoms with van der Waals surface area (Å²) in [4.78, 5) is 23.8. The third kappa shape index (κ3) is 7.62. The number of hydrogen-bond donors (Lipinski definition) is 4. The van der Waals surface area contributed by atoms with E-state index in [2.05, 4.69) is 40.2 Å². The van der Waals surface area contributed by atoms with Gasteiger partial charge in [0.2, 0.25) is 0 Å². The molecule has 0 radical (unpaired) electrons. The second-order valence-corrected chi connectivity index (χ2v) is 8.20. The van der Waals surface area contributed by atoms with Crippen LogP contribution in [0.3, 0.4) is 0 Å². The maximum absolute atomic E-state index is 10.4. The zero-order valence-corrected chi connectivity index (χ0v) is 18.4. The van der Waals surface area contributed by atoms with E-state index in [-0.39, 0.29) is 0 Å². The number of ether oxygens (including phenoxy) is 1. The van der Waals surface area contributed by atoms with E-state index in [4.69, 9.17) is 24.5 Å². The van der Waals surface area contributed by atoms with Crippen LogP contribution >= 0.6 is 0 Å². The number of aromatic amines is 1. The van der Waals surface area contributed by atoms with E-state index in [1.807, 2.05) is 30.5 Å². The molecule has 1 aromatic heterocycles. The summed E-state index contributed by atoms with van der Waals surface area (Å²) in [5.74, 6) is -2.07. The van der Waals surface area contributed by atoms with Crippen LogP contribution in [0.4, 0.5) is 0 Å². The first-order chi connectivity index (χ1) is 15.9. The lowest BCUT2D eigenvalue weighted by atomic mass is 9.90. The van der Waals surface area contributed by atoms with Gasteiger partial charge in [-0.25, -0.2) is 9.59 Å². The molecule has 176 valence electrons. The van der Waals surface area contributed by atoms with Gasteiger partial charge in [-0.2, -0.15) is 0 Å². The molecule has 0 amide bonds. The molecular formula is C25H30N2O6. The summed E-state index contributed by atoms with van der Waals surface area (Å²) in [6.07, 6.45) is 5.01. The molecule has 1 unspecified atom stereocenters. The van der Waals surface area contributed by atoms with Gasteiger partial charge in [-0.05, 0) is 62.0 Å². The zero-order chi connectivity index (χ0) is 23.6. The molecule has 1 atom stereocenters. The SMILES string of the molecule is O=C(O)C(=O)O.OC(COc1cccc2[nH]ccc12)CN1CCC(Cc2ccccc2)CC1. The smallest absolute Gasteiger partial charge is 0.414 e. The molecule has 2 aromatic carbocycles. The number of H-pyrrole nitrogens is 1. The predicted octanol–water partition coefficient (Wildman–Crippen LogP) is 3.02. The van der Waals surface area contributed by atoms with Gasteiger partial charge in [0.05, 0.1) is 0 Å². The number of β-amino-alcohol motifs (C(OH)–C–C–N with tert-alkyl or cyclic N) is 1. The van der Waals surface area contributed by atoms with E-state index in [1.54, 1.807) is 0 Å². The Kier molecular flexibility index (Phi) is 8.86. The first kappa shape index (κ1) is 24.3. The maximum Gasteiger partial charge on any atom is 0.414 e. The Morgan fingerprint density at radius 1 is 1.00 bits per heavy atom. The number of aliphatic hydroxyl groups excluding tert-OH is 1. The van der Waals surface area contributed by atoms with Crippen LogP contribution in [0, 0.1) is 5.92 Å². The number of aromatic nitrogens is 1. The molecule has 1 aliphatic heterocycles. The summed E-state index contributed by atoms with van der Waals surface area (Å²) in [7, 11) is 0. The van der Waals surface area contributed by atoms with Gasteiger partial charge in [-0.3, -0.25) is 0 Å². The molecule has 0 saturated carbocycles. The standard InChI is InChI=1S/C23H28N2O2.C2H2O4/c26-20(17-27-23-8-4-7-22-21(23)9-12-24-22)16-25-13-10-19(11-14-25)15-18-5-2-1-3-6-18;3-1(4)2(5)6/h1-9,12,19-20,24,26H,10-11,13-17H2;(H,3,4)(H,5,6). The molecule has 2 heterocycles. The molecule has 3 aromatic rings. The van der Waals surface area contributed by atoms with Crippen molar-refractivity contribution in [2.45, 2.75) is 25.4 Å². The number of nitrogens with one attached hydrogen (secondary N) is 1. The highest BCUT2D eigenvalue weighted by atomic mass is 16.5. The quantitative estimate of drug-likeness (QED) is 0.405. The van der Waals surface area contributed by atoms with Gasteiger partial charge in [0.15, 0.2) is 0 Å². The first-order valence-electron chi connectivity index (χ1n) is 11.0. The summed E-state index contributed by atoms with van der Waals surface area (Å²) < 4.78 is 5.88. The van der Waals surface area contributed by atoms with Crippen molar-refractivity contribution in [3.8, 4) is 5.75 Å². The predicted molar refractivity (Wildman–Crippen MR) is 124 cm³/mol. The molecule has 0 bridgehead atoms. The molecule has 1 aliphatic rings. The Morgan fingerprint density at radius 3 is 2.36 bits per heavy atom. The van der Waals surface area contributed by atoms with Crippen LogP contribution in [0.5, 0.6) is 5.75 Å². The maximum atomic E-state index is 10.4. The van der Waals surface area contributed by atoms with Crippen molar-refractivity contribution in [1.29, 1.82) is 0 Å². The number of carboxylic acids is 2. The topological polar surface area (TPSA) is 123 Å². The average Bonchev–Trinajstić information content (AvgIpc) is 3.30. The van der Waals surface area contributed by atoms with E-state index in [0.717, 1.165) is 35.7 Å². The lowest BCUT2D eigenvalue weighted by Gasteiger charge is -2.33. The number of carbonyl (C=O) groups is 2. The highest BCUT2D eigenvalue weighted by Gasteiger charge is 2.21. The molecule has 8 nitrogen and oxygen atoms in total. The lowest BCUT2D eigenvalue weighted by molar-refractivity contribution is -0.159. The van der Waals surface area contributed by atoms with Crippen molar-refractivity contribution in [3.05, 3.63) is 66.4 Å². The van der Waals surface area contributed by atoms with Gasteiger partial charge >= 0.3 is 11.9 Å². The normalized spacial score (nSPS) is 15.4. The van der Waals surface area contributed by atoms with Crippen molar-refractivity contribution in [3.63, 3.8) is 0 Å². The largest absolute Gasteiger partial charge is 0.490 e. The van der Waals surface area contributed by atoms with E-state index >= 15 is 0 Å². The Hall–Kier alpha value is -3.36. The fourth-order valence-corrected chi connectivity index (χ4v) is 4.04. The Labute approximate surface area is 192 Å². The molecule has 0 spiro atoms. The minimum atomic E-state index is -1.82. The fourth-order valence-electron chi connectivity index (χ4n) is 4.04. The van der Waals surface area contributed by atoms with Gasteiger partial charge in [0, 0.05) is 23.6 Å². The van der Waals surface area contributed by atoms with Crippen LogP contribution in [0.1, 0.15) is 18.4 Å². The van der Waals surface area contributed by atoms with Crippen LogP contribution < -0.4 is 4.74 Å². The third-order valence-electron chi connectivity index (χ3n) is 5.71. The summed E-state index contributed by atoms with van der Waals surface area (Å²) in [5, 5.41) is 26.3. The molecule has 1 fully saturated rings. The van der Waals surface area contributed by atoms with Gasteiger partial charge in [-0.15, -0.1) is 0 Å². The van der Waals surface area contributed by atoms with E-state index in [0.29, 0.717) is 13.2 Å². The molecular weight excluding hydrogens is 424 g/mol. The molecule has 1 saturated heterocycles. The van der Waals surface area contributed by atoms with Crippen molar-refractivity contribution < 1.29 is 29.6 Å². The van der Waals surface area contributed by atoms with Crippen molar-refractivity contribution in [2.24, 2.45) is 5.92 Å². The summed E-state index contributed by atoms with van der Waals surface area (Å²) in [5.41, 5.74) is 2.49. The minimum absolute atomic E-state index is 0.328. The second kappa shape index (κ2) is 12.0. The van der Waals surface area contributed by atoms with Crippen LogP contribution in [-0.2, 0) is 16.0 Å². The average molecular weight is 455 g/mol. The second-order valence-electron chi connectivity index (χ2n) is 8.20. The van der Waals surface area contributed by atoms with E-state index in [1.165, 1.54) is 24.8 Å². The van der Waals surface area contributed by atoms with Crippen molar-refractivity contribution in [2.75, 3.05) is 26.2 Å². The number of aliphatic carboxylic acids is 2. The fraction of sp³-hybridized carbons (Fsp3) is 0.360. The minimum Gasteiger partial charge on any atom is -0.490 e. The number of aliphatic hydroxyl groups is 1. The molecule has 33 heavy (non-hydrogen) atoms. The summed E-state index contributed by atoms with van der Waals surface area (Å²) >= 11 is 0. The number of carboxylic acid groups (broad SMARTS) is 2. The van der Waals surface area contributed by atoms with E-state index in [9.17, 15) is 5.11 Å². The van der Waals surface area contributed by atoms with Gasteiger partial charge in [-0.1, -0.05) is 36.4 Å². The lowest BCUT2D eigenvalue weighted by Crippen LogP contribution is -2.41. The van der Waals surface area contributed by atoms with E-state index < -0.39 is 18.0 Å². The zero-order valence-electron chi connectivity index (χ0n) is 18.4. The Balaban J connectivity index is 0.000000454. The van der Waals surface area contributed by atoms with Crippen molar-refractivity contribution in [1.82, 2.24) is 9.88 Å². The van der Waals surface area contributed by atoms with Gasteiger partial charge < -0.3 is 29.9 Å². The summed E-state index contributed by atoms with van der Waals surface area (Å²) in [6.45, 7) is 3.12. The highest BCUT2D eigenvalue weighted by Crippen LogP contribution is 2.25.